The van der Waals surface area contributed by atoms with Gasteiger partial charge in [0, 0.05) is 11.8 Å². The number of aliphatic hydroxyl groups is 1. The van der Waals surface area contributed by atoms with Crippen LogP contribution in [0.15, 0.2) is 36.0 Å². The summed E-state index contributed by atoms with van der Waals surface area (Å²) in [5, 5.41) is 12.7. The molecule has 11 heteroatoms. The van der Waals surface area contributed by atoms with Gasteiger partial charge in [0.2, 0.25) is 11.6 Å². The number of anilines is 1. The van der Waals surface area contributed by atoms with Gasteiger partial charge in [-0.3, -0.25) is 14.2 Å². The minimum absolute atomic E-state index is 0.000637. The molecule has 0 saturated carbocycles. The molecule has 0 unspecified atom stereocenters. The monoisotopic (exact) mass is 421 g/mol. The summed E-state index contributed by atoms with van der Waals surface area (Å²) in [6.45, 7) is 0.00712. The van der Waals surface area contributed by atoms with E-state index in [4.69, 9.17) is 9.47 Å². The number of aromatic nitrogens is 2. The number of benzene rings is 1. The normalized spacial score (nSPS) is 25.5. The molecule has 1 aromatic heterocycles. The van der Waals surface area contributed by atoms with Gasteiger partial charge in [-0.1, -0.05) is 0 Å². The number of ketones is 2. The third kappa shape index (κ3) is 2.85. The lowest BCUT2D eigenvalue weighted by Gasteiger charge is -2.29. The van der Waals surface area contributed by atoms with Crippen LogP contribution in [0.3, 0.4) is 0 Å². The zero-order valence-corrected chi connectivity index (χ0v) is 15.1. The molecule has 3 atom stereocenters. The molecule has 156 valence electrons. The van der Waals surface area contributed by atoms with Crippen molar-refractivity contribution in [3.05, 3.63) is 58.8 Å². The Morgan fingerprint density at radius 1 is 1.17 bits per heavy atom. The van der Waals surface area contributed by atoms with Gasteiger partial charge in [-0.05, 0) is 24.3 Å². The summed E-state index contributed by atoms with van der Waals surface area (Å²) in [5.74, 6) is -0.772. The van der Waals surface area contributed by atoms with Crippen molar-refractivity contribution in [1.82, 2.24) is 9.55 Å². The lowest BCUT2D eigenvalue weighted by atomic mass is 10.0. The highest BCUT2D eigenvalue weighted by molar-refractivity contribution is 6.24. The maximum absolute atomic E-state index is 13.1. The maximum Gasteiger partial charge on any atom is 0.416 e. The molecule has 3 heterocycles. The second-order valence-electron chi connectivity index (χ2n) is 7.11. The summed E-state index contributed by atoms with van der Waals surface area (Å²) < 4.78 is 50.8. The Hall–Kier alpha value is -3.02. The van der Waals surface area contributed by atoms with E-state index < -0.39 is 41.7 Å². The Labute approximate surface area is 166 Å². The lowest BCUT2D eigenvalue weighted by Crippen LogP contribution is -2.38. The molecule has 30 heavy (non-hydrogen) atoms. The number of alkyl halides is 3. The smallest absolute Gasteiger partial charge is 0.388 e. The van der Waals surface area contributed by atoms with E-state index in [9.17, 15) is 27.9 Å². The highest BCUT2D eigenvalue weighted by Gasteiger charge is 2.46. The third-order valence-electron chi connectivity index (χ3n) is 5.20. The molecule has 2 aromatic rings. The molecule has 8 nitrogen and oxygen atoms in total. The molecule has 1 aromatic carbocycles. The Bertz CT molecular complexity index is 1090. The van der Waals surface area contributed by atoms with E-state index in [0.717, 1.165) is 18.2 Å². The van der Waals surface area contributed by atoms with Gasteiger partial charge in [-0.2, -0.15) is 13.2 Å². The second-order valence-corrected chi connectivity index (χ2v) is 7.11. The van der Waals surface area contributed by atoms with Crippen molar-refractivity contribution in [3.63, 3.8) is 0 Å². The number of Topliss-reactive ketones (excluding diaryl/α,β-unsaturated/α-hetero) is 1. The first-order chi connectivity index (χ1) is 14.2. The molecule has 0 bridgehead atoms. The molecule has 0 spiro atoms. The summed E-state index contributed by atoms with van der Waals surface area (Å²) in [6.07, 6.45) is -5.80. The number of halogens is 3. The van der Waals surface area contributed by atoms with Crippen molar-refractivity contribution >= 4 is 17.3 Å². The average Bonchev–Trinajstić information content (AvgIpc) is 3.27. The van der Waals surface area contributed by atoms with Gasteiger partial charge >= 0.3 is 6.18 Å². The maximum atomic E-state index is 13.1. The molecule has 0 radical (unpaired) electrons. The van der Waals surface area contributed by atoms with E-state index in [1.54, 1.807) is 0 Å². The van der Waals surface area contributed by atoms with Crippen molar-refractivity contribution in [2.24, 2.45) is 0 Å². The summed E-state index contributed by atoms with van der Waals surface area (Å²) in [5.41, 5.74) is -0.771. The standard InChI is InChI=1S/C19H14F3N3O5/c20-19(21,22)8-1-3-9(4-2-8)23-10-5-11(26)14-15(16(10)28)25-13(24-14)7-29-17-12(27)6-30-18(17)25/h1-5,12,17-18,23,27H,6-7H2/t12-,17-,18+/m1/s1. The quantitative estimate of drug-likeness (QED) is 0.765. The van der Waals surface area contributed by atoms with Crippen LogP contribution in [0.2, 0.25) is 0 Å². The zero-order chi connectivity index (χ0) is 21.2. The molecule has 5 rings (SSSR count). The zero-order valence-electron chi connectivity index (χ0n) is 15.1. The first-order valence-corrected chi connectivity index (χ1v) is 9.01. The Balaban J connectivity index is 1.47. The van der Waals surface area contributed by atoms with Crippen molar-refractivity contribution in [1.29, 1.82) is 0 Å². The van der Waals surface area contributed by atoms with Gasteiger partial charge in [-0.25, -0.2) is 4.98 Å². The fourth-order valence-electron chi connectivity index (χ4n) is 3.79. The molecule has 2 N–H and O–H groups in total. The molecular weight excluding hydrogens is 407 g/mol. The molecule has 2 aliphatic heterocycles. The van der Waals surface area contributed by atoms with Crippen LogP contribution < -0.4 is 5.32 Å². The molecule has 1 aliphatic carbocycles. The predicted octanol–water partition coefficient (Wildman–Crippen LogP) is 2.07. The van der Waals surface area contributed by atoms with Gasteiger partial charge in [0.05, 0.1) is 17.9 Å². The fraction of sp³-hybridized carbons (Fsp3) is 0.316. The molecular formula is C19H14F3N3O5. The Morgan fingerprint density at radius 2 is 1.90 bits per heavy atom. The van der Waals surface area contributed by atoms with Crippen LogP contribution in [-0.2, 0) is 22.3 Å². The van der Waals surface area contributed by atoms with E-state index in [2.05, 4.69) is 10.3 Å². The van der Waals surface area contributed by atoms with Crippen LogP contribution in [-0.4, -0.2) is 45.0 Å². The van der Waals surface area contributed by atoms with E-state index in [1.807, 2.05) is 0 Å². The highest BCUT2D eigenvalue weighted by Crippen LogP contribution is 2.37. The highest BCUT2D eigenvalue weighted by atomic mass is 19.4. The van der Waals surface area contributed by atoms with E-state index in [0.29, 0.717) is 5.82 Å². The molecule has 1 fully saturated rings. The van der Waals surface area contributed by atoms with Crippen molar-refractivity contribution in [3.8, 4) is 0 Å². The average molecular weight is 421 g/mol. The molecule has 0 amide bonds. The number of nitrogens with one attached hydrogen (secondary N) is 1. The van der Waals surface area contributed by atoms with E-state index >= 15 is 0 Å². The second kappa shape index (κ2) is 6.49. The Morgan fingerprint density at radius 3 is 2.60 bits per heavy atom. The van der Waals surface area contributed by atoms with Crippen LogP contribution in [0.5, 0.6) is 0 Å². The number of ether oxygens (including phenoxy) is 2. The summed E-state index contributed by atoms with van der Waals surface area (Å²) in [7, 11) is 0. The largest absolute Gasteiger partial charge is 0.416 e. The number of fused-ring (bicyclic) bond motifs is 5. The van der Waals surface area contributed by atoms with Gasteiger partial charge in [0.15, 0.2) is 6.23 Å². The van der Waals surface area contributed by atoms with Gasteiger partial charge in [0.25, 0.3) is 0 Å². The van der Waals surface area contributed by atoms with Crippen LogP contribution in [0, 0.1) is 0 Å². The topological polar surface area (TPSA) is 103 Å². The molecule has 1 saturated heterocycles. The van der Waals surface area contributed by atoms with Crippen molar-refractivity contribution in [2.75, 3.05) is 11.9 Å². The SMILES string of the molecule is O=C1C=C(Nc2ccc(C(F)(F)F)cc2)C(=O)c2c1nc1n2[C@H]2OC[C@@H](O)[C@H]2OC1. The fourth-order valence-corrected chi connectivity index (χ4v) is 3.79. The first kappa shape index (κ1) is 19.0. The van der Waals surface area contributed by atoms with E-state index in [1.165, 1.54) is 16.7 Å². The predicted molar refractivity (Wildman–Crippen MR) is 93.6 cm³/mol. The minimum Gasteiger partial charge on any atom is -0.388 e. The van der Waals surface area contributed by atoms with E-state index in [-0.39, 0.29) is 36.0 Å². The Kier molecular flexibility index (Phi) is 4.10. The van der Waals surface area contributed by atoms with Crippen LogP contribution in [0.25, 0.3) is 0 Å². The summed E-state index contributed by atoms with van der Waals surface area (Å²) >= 11 is 0. The number of rotatable bonds is 2. The number of nitrogens with zero attached hydrogens (tertiary/aromatic N) is 2. The van der Waals surface area contributed by atoms with Crippen molar-refractivity contribution < 1.29 is 37.3 Å². The van der Waals surface area contributed by atoms with Gasteiger partial charge in [-0.15, -0.1) is 0 Å². The van der Waals surface area contributed by atoms with Crippen LogP contribution >= 0.6 is 0 Å². The van der Waals surface area contributed by atoms with Gasteiger partial charge in [0.1, 0.15) is 36.0 Å². The number of hydrogen-bond donors (Lipinski definition) is 2. The number of aliphatic hydroxyl groups excluding tert-OH is 1. The van der Waals surface area contributed by atoms with Crippen LogP contribution in [0.4, 0.5) is 18.9 Å². The summed E-state index contributed by atoms with van der Waals surface area (Å²) in [6, 6.07) is 4.09. The number of hydrogen-bond acceptors (Lipinski definition) is 7. The lowest BCUT2D eigenvalue weighted by molar-refractivity contribution is -0.137. The third-order valence-corrected chi connectivity index (χ3v) is 5.20. The first-order valence-electron chi connectivity index (χ1n) is 9.01. The number of imidazole rings is 1. The number of carbonyl (C=O) groups excluding carboxylic acids is 2. The van der Waals surface area contributed by atoms with Gasteiger partial charge < -0.3 is 19.9 Å². The van der Waals surface area contributed by atoms with Crippen LogP contribution in [0.1, 0.15) is 38.6 Å². The summed E-state index contributed by atoms with van der Waals surface area (Å²) in [4.78, 5) is 29.9. The van der Waals surface area contributed by atoms with Crippen molar-refractivity contribution in [2.45, 2.75) is 31.2 Å². The number of allylic oxidation sites excluding steroid dienone is 2. The minimum atomic E-state index is -4.48. The molecule has 3 aliphatic rings. The number of carbonyl (C=O) groups is 2.